The van der Waals surface area contributed by atoms with Crippen molar-refractivity contribution in [2.45, 2.75) is 39.8 Å². The number of amides is 1. The number of hydrogen-bond donors (Lipinski definition) is 3. The van der Waals surface area contributed by atoms with Gasteiger partial charge in [0, 0.05) is 56.6 Å². The van der Waals surface area contributed by atoms with E-state index in [-0.39, 0.29) is 11.8 Å². The first-order valence-corrected chi connectivity index (χ1v) is 15.8. The fourth-order valence-electron chi connectivity index (χ4n) is 6.88. The van der Waals surface area contributed by atoms with Crippen molar-refractivity contribution in [1.29, 1.82) is 5.26 Å². The van der Waals surface area contributed by atoms with Crippen molar-refractivity contribution in [3.05, 3.63) is 88.0 Å². The number of anilines is 1. The molecule has 11 heteroatoms. The van der Waals surface area contributed by atoms with Crippen LogP contribution in [0, 0.1) is 31.1 Å². The van der Waals surface area contributed by atoms with Gasteiger partial charge in [0.25, 0.3) is 5.91 Å². The number of carboxylic acid groups (broad SMARTS) is 1. The van der Waals surface area contributed by atoms with E-state index in [9.17, 15) is 20.0 Å². The molecule has 1 saturated heterocycles. The van der Waals surface area contributed by atoms with Gasteiger partial charge in [0.1, 0.15) is 11.6 Å². The Morgan fingerprint density at radius 3 is 2.62 bits per heavy atom. The lowest BCUT2D eigenvalue weighted by Gasteiger charge is -2.16. The maximum Gasteiger partial charge on any atom is 0.307 e. The maximum atomic E-state index is 13.4. The molecule has 7 rings (SSSR count). The van der Waals surface area contributed by atoms with Crippen molar-refractivity contribution in [2.75, 3.05) is 25.0 Å². The molecule has 0 bridgehead atoms. The number of fused-ring (bicyclic) bond motifs is 2. The number of aromatic nitrogens is 3. The molecule has 3 aromatic carbocycles. The van der Waals surface area contributed by atoms with Crippen molar-refractivity contribution in [1.82, 2.24) is 24.8 Å². The minimum absolute atomic E-state index is 0.252. The Morgan fingerprint density at radius 1 is 1.11 bits per heavy atom. The average Bonchev–Trinajstić information content (AvgIpc) is 3.80. The summed E-state index contributed by atoms with van der Waals surface area (Å²) in [6, 6.07) is 17.8. The highest BCUT2D eigenvalue weighted by Crippen LogP contribution is 2.37. The van der Waals surface area contributed by atoms with Crippen LogP contribution in [-0.2, 0) is 31.4 Å². The average molecular weight is 630 g/mol. The first kappa shape index (κ1) is 30.3. The fourth-order valence-corrected chi connectivity index (χ4v) is 6.88. The number of carboxylic acids is 1. The van der Waals surface area contributed by atoms with Gasteiger partial charge in [-0.15, -0.1) is 0 Å². The van der Waals surface area contributed by atoms with Crippen LogP contribution in [0.5, 0.6) is 0 Å². The topological polar surface area (TPSA) is 149 Å². The zero-order valence-corrected chi connectivity index (χ0v) is 26.6. The summed E-state index contributed by atoms with van der Waals surface area (Å²) in [5, 5.41) is 25.7. The predicted octanol–water partition coefficient (Wildman–Crippen LogP) is 5.19. The van der Waals surface area contributed by atoms with Gasteiger partial charge in [0.2, 0.25) is 5.89 Å². The molecule has 2 aliphatic rings. The molecule has 0 aliphatic carbocycles. The SMILES string of the molecule is Cc1c(NC(=O)c2nc3c(n2C)CCNC3)cccc1-c1cccc(-c2nc3cc(CN4CC[C@H](C(=O)O)C4)cc(C#N)c3o2)c1C. The second-order valence-electron chi connectivity index (χ2n) is 12.4. The van der Waals surface area contributed by atoms with E-state index < -0.39 is 5.97 Å². The number of nitrogens with zero attached hydrogens (tertiary/aromatic N) is 5. The van der Waals surface area contributed by atoms with Crippen LogP contribution in [-0.4, -0.2) is 56.1 Å². The molecule has 3 N–H and O–H groups in total. The molecule has 4 heterocycles. The minimum atomic E-state index is -0.772. The summed E-state index contributed by atoms with van der Waals surface area (Å²) in [5.74, 6) is -0.588. The maximum absolute atomic E-state index is 13.4. The number of carbonyl (C=O) groups is 2. The van der Waals surface area contributed by atoms with E-state index in [1.165, 1.54) is 0 Å². The second kappa shape index (κ2) is 12.1. The van der Waals surface area contributed by atoms with Crippen molar-refractivity contribution in [3.8, 4) is 28.7 Å². The van der Waals surface area contributed by atoms with E-state index in [1.807, 2.05) is 67.9 Å². The van der Waals surface area contributed by atoms with E-state index in [0.29, 0.717) is 66.7 Å². The van der Waals surface area contributed by atoms with Gasteiger partial charge < -0.3 is 24.7 Å². The number of nitrogens with one attached hydrogen (secondary N) is 2. The monoisotopic (exact) mass is 629 g/mol. The lowest BCUT2D eigenvalue weighted by Crippen LogP contribution is -2.24. The van der Waals surface area contributed by atoms with Crippen LogP contribution in [0.25, 0.3) is 33.7 Å². The number of hydrogen-bond acceptors (Lipinski definition) is 8. The van der Waals surface area contributed by atoms with E-state index >= 15 is 0 Å². The Labute approximate surface area is 271 Å². The lowest BCUT2D eigenvalue weighted by atomic mass is 9.93. The number of aliphatic carboxylic acids is 1. The summed E-state index contributed by atoms with van der Waals surface area (Å²) in [5.41, 5.74) is 9.61. The summed E-state index contributed by atoms with van der Waals surface area (Å²) >= 11 is 0. The van der Waals surface area contributed by atoms with Crippen LogP contribution in [0.4, 0.5) is 5.69 Å². The molecular formula is C36H35N7O4. The Kier molecular flexibility index (Phi) is 7.83. The summed E-state index contributed by atoms with van der Waals surface area (Å²) in [6.45, 7) is 7.25. The summed E-state index contributed by atoms with van der Waals surface area (Å²) in [7, 11) is 1.89. The number of oxazole rings is 1. The van der Waals surface area contributed by atoms with Crippen LogP contribution >= 0.6 is 0 Å². The van der Waals surface area contributed by atoms with Crippen LogP contribution in [0.3, 0.4) is 0 Å². The molecule has 0 spiro atoms. The number of nitriles is 1. The van der Waals surface area contributed by atoms with Crippen LogP contribution < -0.4 is 10.6 Å². The summed E-state index contributed by atoms with van der Waals surface area (Å²) in [6.07, 6.45) is 1.45. The van der Waals surface area contributed by atoms with Crippen LogP contribution in [0.2, 0.25) is 0 Å². The standard InChI is InChI=1S/C36H35N7O4/c1-20-25(26-7-5-9-28(21(26)2)40-34(44)33-39-30-17-38-12-10-31(30)42(33)3)6-4-8-27(20)35-41-29-15-22(14-24(16-37)32(29)47-35)18-43-13-11-23(19-43)36(45)46/h4-9,14-15,23,38H,10-13,17-19H2,1-3H3,(H,40,44)(H,45,46)/t23-/m0/s1. The third kappa shape index (κ3) is 5.56. The molecule has 238 valence electrons. The van der Waals surface area contributed by atoms with Gasteiger partial charge in [-0.1, -0.05) is 24.3 Å². The molecule has 47 heavy (non-hydrogen) atoms. The fraction of sp³-hybridized carbons (Fsp3) is 0.306. The number of imidazole rings is 1. The molecule has 2 aromatic heterocycles. The molecule has 2 aliphatic heterocycles. The van der Waals surface area contributed by atoms with Crippen LogP contribution in [0.15, 0.2) is 52.9 Å². The molecule has 1 fully saturated rings. The Balaban J connectivity index is 1.18. The highest BCUT2D eigenvalue weighted by Gasteiger charge is 2.28. The van der Waals surface area contributed by atoms with Gasteiger partial charge in [-0.05, 0) is 78.9 Å². The zero-order valence-electron chi connectivity index (χ0n) is 26.6. The Morgan fingerprint density at radius 2 is 1.87 bits per heavy atom. The third-order valence-electron chi connectivity index (χ3n) is 9.47. The predicted molar refractivity (Wildman–Crippen MR) is 177 cm³/mol. The molecule has 0 unspecified atom stereocenters. The molecule has 0 radical (unpaired) electrons. The Hall–Kier alpha value is -5.31. The molecule has 11 nitrogen and oxygen atoms in total. The summed E-state index contributed by atoms with van der Waals surface area (Å²) < 4.78 is 8.12. The van der Waals surface area contributed by atoms with E-state index in [1.54, 1.807) is 6.07 Å². The smallest absolute Gasteiger partial charge is 0.307 e. The number of likely N-dealkylation sites (tertiary alicyclic amines) is 1. The van der Waals surface area contributed by atoms with Gasteiger partial charge >= 0.3 is 5.97 Å². The second-order valence-corrected chi connectivity index (χ2v) is 12.4. The summed E-state index contributed by atoms with van der Waals surface area (Å²) in [4.78, 5) is 36.3. The van der Waals surface area contributed by atoms with Crippen molar-refractivity contribution < 1.29 is 19.1 Å². The third-order valence-corrected chi connectivity index (χ3v) is 9.47. The Bertz CT molecular complexity index is 2100. The first-order valence-electron chi connectivity index (χ1n) is 15.8. The molecule has 1 atom stereocenters. The quantitative estimate of drug-likeness (QED) is 0.221. The van der Waals surface area contributed by atoms with Gasteiger partial charge in [0.15, 0.2) is 11.4 Å². The van der Waals surface area contributed by atoms with E-state index in [2.05, 4.69) is 26.6 Å². The van der Waals surface area contributed by atoms with Crippen LogP contribution in [0.1, 0.15) is 50.7 Å². The van der Waals surface area contributed by atoms with Crippen molar-refractivity contribution in [3.63, 3.8) is 0 Å². The first-order chi connectivity index (χ1) is 22.7. The van der Waals surface area contributed by atoms with Crippen molar-refractivity contribution in [2.24, 2.45) is 13.0 Å². The van der Waals surface area contributed by atoms with Gasteiger partial charge in [-0.2, -0.15) is 5.26 Å². The highest BCUT2D eigenvalue weighted by molar-refractivity contribution is 6.03. The molecule has 1 amide bonds. The lowest BCUT2D eigenvalue weighted by molar-refractivity contribution is -0.141. The van der Waals surface area contributed by atoms with Crippen molar-refractivity contribution >= 4 is 28.7 Å². The van der Waals surface area contributed by atoms with E-state index in [0.717, 1.165) is 57.7 Å². The highest BCUT2D eigenvalue weighted by atomic mass is 16.4. The van der Waals surface area contributed by atoms with Gasteiger partial charge in [0.05, 0.1) is 17.2 Å². The number of carbonyl (C=O) groups excluding carboxylic acids is 1. The number of benzene rings is 3. The zero-order chi connectivity index (χ0) is 32.8. The normalized spacial score (nSPS) is 16.3. The number of rotatable bonds is 7. The minimum Gasteiger partial charge on any atom is -0.481 e. The van der Waals surface area contributed by atoms with Gasteiger partial charge in [-0.25, -0.2) is 9.97 Å². The molecule has 0 saturated carbocycles. The molecular weight excluding hydrogens is 594 g/mol. The van der Waals surface area contributed by atoms with Gasteiger partial charge in [-0.3, -0.25) is 14.5 Å². The van der Waals surface area contributed by atoms with E-state index in [4.69, 9.17) is 9.40 Å². The largest absolute Gasteiger partial charge is 0.481 e. The molecule has 5 aromatic rings.